The van der Waals surface area contributed by atoms with Crippen molar-refractivity contribution in [1.82, 2.24) is 0 Å². The SMILES string of the molecule is N#C/C(=C/c1ccc2c(c1)OCO2)c1cccc(C#N)c1. The first-order valence-corrected chi connectivity index (χ1v) is 6.32. The van der Waals surface area contributed by atoms with Crippen molar-refractivity contribution >= 4 is 11.6 Å². The summed E-state index contributed by atoms with van der Waals surface area (Å²) in [5.74, 6) is 1.38. The third-order valence-electron chi connectivity index (χ3n) is 3.13. The van der Waals surface area contributed by atoms with E-state index in [-0.39, 0.29) is 6.79 Å². The van der Waals surface area contributed by atoms with Crippen molar-refractivity contribution in [3.05, 3.63) is 59.2 Å². The molecule has 0 aromatic heterocycles. The van der Waals surface area contributed by atoms with Crippen LogP contribution in [0.5, 0.6) is 11.5 Å². The first-order valence-electron chi connectivity index (χ1n) is 6.32. The maximum absolute atomic E-state index is 9.34. The summed E-state index contributed by atoms with van der Waals surface area (Å²) >= 11 is 0. The molecule has 0 aliphatic carbocycles. The Morgan fingerprint density at radius 1 is 1.05 bits per heavy atom. The topological polar surface area (TPSA) is 66.0 Å². The third kappa shape index (κ3) is 2.56. The summed E-state index contributed by atoms with van der Waals surface area (Å²) < 4.78 is 10.6. The van der Waals surface area contributed by atoms with E-state index in [0.717, 1.165) is 5.56 Å². The first-order chi connectivity index (χ1) is 10.3. The zero-order valence-electron chi connectivity index (χ0n) is 11.0. The molecular formula is C17H10N2O2. The molecule has 100 valence electrons. The van der Waals surface area contributed by atoms with Crippen LogP contribution in [0.25, 0.3) is 11.6 Å². The van der Waals surface area contributed by atoms with E-state index in [1.165, 1.54) is 0 Å². The predicted octanol–water partition coefficient (Wildman–Crippen LogP) is 3.35. The molecule has 0 unspecified atom stereocenters. The lowest BCUT2D eigenvalue weighted by Gasteiger charge is -2.02. The second-order valence-corrected chi connectivity index (χ2v) is 4.48. The van der Waals surface area contributed by atoms with Crippen molar-refractivity contribution in [2.24, 2.45) is 0 Å². The summed E-state index contributed by atoms with van der Waals surface area (Å²) in [5, 5.41) is 18.3. The van der Waals surface area contributed by atoms with Gasteiger partial charge in [-0.3, -0.25) is 0 Å². The number of nitriles is 2. The lowest BCUT2D eigenvalue weighted by Crippen LogP contribution is -1.92. The molecule has 0 saturated heterocycles. The summed E-state index contributed by atoms with van der Waals surface area (Å²) in [5.41, 5.74) is 2.58. The highest BCUT2D eigenvalue weighted by Gasteiger charge is 2.13. The molecule has 0 N–H and O–H groups in total. The van der Waals surface area contributed by atoms with Gasteiger partial charge in [-0.15, -0.1) is 0 Å². The van der Waals surface area contributed by atoms with Gasteiger partial charge in [0, 0.05) is 0 Å². The predicted molar refractivity (Wildman–Crippen MR) is 77.2 cm³/mol. The van der Waals surface area contributed by atoms with E-state index in [1.807, 2.05) is 24.3 Å². The molecule has 4 nitrogen and oxygen atoms in total. The quantitative estimate of drug-likeness (QED) is 0.622. The number of benzene rings is 2. The lowest BCUT2D eigenvalue weighted by atomic mass is 10.0. The molecule has 1 heterocycles. The molecule has 0 saturated carbocycles. The number of hydrogen-bond acceptors (Lipinski definition) is 4. The fraction of sp³-hybridized carbons (Fsp3) is 0.0588. The molecule has 2 aromatic carbocycles. The minimum absolute atomic E-state index is 0.220. The van der Waals surface area contributed by atoms with Gasteiger partial charge < -0.3 is 9.47 Å². The van der Waals surface area contributed by atoms with Gasteiger partial charge in [0.1, 0.15) is 0 Å². The first kappa shape index (κ1) is 12.8. The maximum Gasteiger partial charge on any atom is 0.231 e. The van der Waals surface area contributed by atoms with Crippen molar-refractivity contribution in [2.45, 2.75) is 0 Å². The summed E-state index contributed by atoms with van der Waals surface area (Å²) in [6.07, 6.45) is 1.76. The number of allylic oxidation sites excluding steroid dienone is 1. The van der Waals surface area contributed by atoms with Crippen molar-refractivity contribution in [3.8, 4) is 23.6 Å². The van der Waals surface area contributed by atoms with Crippen LogP contribution in [0.3, 0.4) is 0 Å². The van der Waals surface area contributed by atoms with Crippen molar-refractivity contribution in [1.29, 1.82) is 10.5 Å². The number of nitrogens with zero attached hydrogens (tertiary/aromatic N) is 2. The van der Waals surface area contributed by atoms with Gasteiger partial charge in [0.15, 0.2) is 11.5 Å². The molecule has 0 fully saturated rings. The van der Waals surface area contributed by atoms with Crippen LogP contribution in [-0.4, -0.2) is 6.79 Å². The van der Waals surface area contributed by atoms with Crippen LogP contribution >= 0.6 is 0 Å². The smallest absolute Gasteiger partial charge is 0.231 e. The minimum Gasteiger partial charge on any atom is -0.454 e. The Kier molecular flexibility index (Phi) is 3.29. The largest absolute Gasteiger partial charge is 0.454 e. The summed E-state index contributed by atoms with van der Waals surface area (Å²) in [4.78, 5) is 0. The van der Waals surface area contributed by atoms with Gasteiger partial charge in [0.2, 0.25) is 6.79 Å². The van der Waals surface area contributed by atoms with Gasteiger partial charge in [0.25, 0.3) is 0 Å². The maximum atomic E-state index is 9.34. The summed E-state index contributed by atoms with van der Waals surface area (Å²) in [7, 11) is 0. The third-order valence-corrected chi connectivity index (χ3v) is 3.13. The number of rotatable bonds is 2. The molecule has 0 amide bonds. The van der Waals surface area contributed by atoms with E-state index in [1.54, 1.807) is 24.3 Å². The fourth-order valence-electron chi connectivity index (χ4n) is 2.11. The van der Waals surface area contributed by atoms with Crippen molar-refractivity contribution in [2.75, 3.05) is 6.79 Å². The van der Waals surface area contributed by atoms with Crippen molar-refractivity contribution in [3.63, 3.8) is 0 Å². The second-order valence-electron chi connectivity index (χ2n) is 4.48. The van der Waals surface area contributed by atoms with Gasteiger partial charge in [-0.05, 0) is 41.5 Å². The molecule has 0 radical (unpaired) electrons. The van der Waals surface area contributed by atoms with E-state index in [4.69, 9.17) is 14.7 Å². The van der Waals surface area contributed by atoms with Gasteiger partial charge in [0.05, 0.1) is 23.3 Å². The van der Waals surface area contributed by atoms with Gasteiger partial charge in [-0.2, -0.15) is 10.5 Å². The van der Waals surface area contributed by atoms with Crippen LogP contribution in [0.4, 0.5) is 0 Å². The highest BCUT2D eigenvalue weighted by molar-refractivity contribution is 5.90. The van der Waals surface area contributed by atoms with Gasteiger partial charge >= 0.3 is 0 Å². The van der Waals surface area contributed by atoms with Crippen LogP contribution < -0.4 is 9.47 Å². The molecule has 1 aliphatic rings. The highest BCUT2D eigenvalue weighted by Crippen LogP contribution is 2.33. The van der Waals surface area contributed by atoms with Crippen molar-refractivity contribution < 1.29 is 9.47 Å². The Bertz CT molecular complexity index is 810. The van der Waals surface area contributed by atoms with Crippen LogP contribution in [0.1, 0.15) is 16.7 Å². The summed E-state index contributed by atoms with van der Waals surface area (Å²) in [6.45, 7) is 0.220. The zero-order chi connectivity index (χ0) is 14.7. The monoisotopic (exact) mass is 274 g/mol. The van der Waals surface area contributed by atoms with E-state index in [9.17, 15) is 5.26 Å². The van der Waals surface area contributed by atoms with Crippen LogP contribution in [0.15, 0.2) is 42.5 Å². The van der Waals surface area contributed by atoms with Crippen LogP contribution in [0.2, 0.25) is 0 Å². The second kappa shape index (κ2) is 5.40. The van der Waals surface area contributed by atoms with E-state index in [0.29, 0.717) is 28.2 Å². The van der Waals surface area contributed by atoms with Crippen LogP contribution in [0, 0.1) is 22.7 Å². The fourth-order valence-corrected chi connectivity index (χ4v) is 2.11. The standard InChI is InChI=1S/C17H10N2O2/c18-9-13-2-1-3-14(7-13)15(10-19)6-12-4-5-16-17(8-12)21-11-20-16/h1-8H,11H2/b15-6-. The average Bonchev–Trinajstić information content (AvgIpc) is 3.00. The van der Waals surface area contributed by atoms with Gasteiger partial charge in [-0.25, -0.2) is 0 Å². The number of ether oxygens (including phenoxy) is 2. The molecule has 0 bridgehead atoms. The molecule has 4 heteroatoms. The zero-order valence-corrected chi connectivity index (χ0v) is 11.0. The molecule has 0 atom stereocenters. The van der Waals surface area contributed by atoms with E-state index in [2.05, 4.69) is 12.1 Å². The summed E-state index contributed by atoms with van der Waals surface area (Å²) in [6, 6.07) is 16.7. The number of fused-ring (bicyclic) bond motifs is 1. The van der Waals surface area contributed by atoms with E-state index >= 15 is 0 Å². The molecule has 1 aliphatic heterocycles. The molecule has 3 rings (SSSR count). The Morgan fingerprint density at radius 3 is 2.71 bits per heavy atom. The minimum atomic E-state index is 0.220. The Hall–Kier alpha value is -3.24. The Morgan fingerprint density at radius 2 is 1.90 bits per heavy atom. The van der Waals surface area contributed by atoms with E-state index < -0.39 is 0 Å². The highest BCUT2D eigenvalue weighted by atomic mass is 16.7. The molecule has 0 spiro atoms. The average molecular weight is 274 g/mol. The number of hydrogen-bond donors (Lipinski definition) is 0. The van der Waals surface area contributed by atoms with Crippen LogP contribution in [-0.2, 0) is 0 Å². The molecule has 2 aromatic rings. The Labute approximate surface area is 122 Å². The molecular weight excluding hydrogens is 264 g/mol. The lowest BCUT2D eigenvalue weighted by molar-refractivity contribution is 0.174. The Balaban J connectivity index is 2.00. The van der Waals surface area contributed by atoms with Gasteiger partial charge in [-0.1, -0.05) is 18.2 Å². The molecule has 21 heavy (non-hydrogen) atoms. The normalized spacial score (nSPS) is 12.6.